The van der Waals surface area contributed by atoms with E-state index in [1.54, 1.807) is 28.8 Å². The van der Waals surface area contributed by atoms with Crippen molar-refractivity contribution in [3.63, 3.8) is 0 Å². The molecule has 0 spiro atoms. The smallest absolute Gasteiger partial charge is 0.269 e. The monoisotopic (exact) mass is 471 g/mol. The van der Waals surface area contributed by atoms with E-state index >= 15 is 0 Å². The van der Waals surface area contributed by atoms with Gasteiger partial charge in [0.2, 0.25) is 0 Å². The second-order valence-electron chi connectivity index (χ2n) is 7.32. The lowest BCUT2D eigenvalue weighted by atomic mass is 10.1. The number of nitrogens with zero attached hydrogens (tertiary/aromatic N) is 3. The Kier molecular flexibility index (Phi) is 6.46. The summed E-state index contributed by atoms with van der Waals surface area (Å²) >= 11 is 9.14. The number of unbranched alkanes of at least 4 members (excludes halogenated alkanes) is 1. The van der Waals surface area contributed by atoms with E-state index in [9.17, 15) is 9.59 Å². The largest absolute Gasteiger partial charge is 0.337 e. The standard InChI is InChI=1S/C23H22ClN3O2S2/c1-4-5-11-27-21(29)20(22-26(3)18-13-16(24)9-10-19(18)30-22)31-23(27)25-17-8-6-7-15(12-17)14(2)28/h6-10,12-13H,4-5,11H2,1-3H3/b22-20-,25-23?. The first kappa shape index (κ1) is 22.0. The number of carbonyl (C=O) groups excluding carboxylic acids is 2. The lowest BCUT2D eigenvalue weighted by Gasteiger charge is -2.16. The third-order valence-electron chi connectivity index (χ3n) is 5.06. The molecule has 0 N–H and O–H groups in total. The lowest BCUT2D eigenvalue weighted by Crippen LogP contribution is -2.30. The Bertz CT molecular complexity index is 1130. The van der Waals surface area contributed by atoms with Gasteiger partial charge in [-0.2, -0.15) is 0 Å². The van der Waals surface area contributed by atoms with Gasteiger partial charge >= 0.3 is 0 Å². The third-order valence-corrected chi connectivity index (χ3v) is 7.73. The van der Waals surface area contributed by atoms with Crippen LogP contribution in [0.2, 0.25) is 5.02 Å². The number of benzene rings is 2. The van der Waals surface area contributed by atoms with Gasteiger partial charge in [-0.3, -0.25) is 14.5 Å². The Morgan fingerprint density at radius 1 is 1.16 bits per heavy atom. The van der Waals surface area contributed by atoms with Gasteiger partial charge in [-0.1, -0.05) is 48.8 Å². The molecule has 0 radical (unpaired) electrons. The van der Waals surface area contributed by atoms with E-state index in [0.717, 1.165) is 28.5 Å². The van der Waals surface area contributed by atoms with E-state index in [0.29, 0.717) is 32.9 Å². The van der Waals surface area contributed by atoms with Crippen LogP contribution in [0.1, 0.15) is 37.0 Å². The molecule has 2 aromatic rings. The quantitative estimate of drug-likeness (QED) is 0.377. The van der Waals surface area contributed by atoms with Crippen molar-refractivity contribution in [3.05, 3.63) is 63.0 Å². The van der Waals surface area contributed by atoms with Gasteiger partial charge in [-0.05, 0) is 55.4 Å². The first-order valence-corrected chi connectivity index (χ1v) is 12.0. The van der Waals surface area contributed by atoms with Gasteiger partial charge in [0, 0.05) is 29.1 Å². The molecule has 31 heavy (non-hydrogen) atoms. The Morgan fingerprint density at radius 2 is 1.97 bits per heavy atom. The second kappa shape index (κ2) is 9.10. The van der Waals surface area contributed by atoms with E-state index in [1.807, 2.05) is 42.3 Å². The van der Waals surface area contributed by atoms with Crippen LogP contribution < -0.4 is 4.90 Å². The minimum atomic E-state index is -0.0341. The molecule has 2 aliphatic heterocycles. The summed E-state index contributed by atoms with van der Waals surface area (Å²) in [6.45, 7) is 4.24. The fourth-order valence-electron chi connectivity index (χ4n) is 3.36. The molecular formula is C23H22ClN3O2S2. The molecule has 0 atom stereocenters. The molecule has 0 bridgehead atoms. The van der Waals surface area contributed by atoms with Crippen LogP contribution >= 0.6 is 35.1 Å². The van der Waals surface area contributed by atoms with Crippen LogP contribution in [0.3, 0.4) is 0 Å². The van der Waals surface area contributed by atoms with E-state index in [4.69, 9.17) is 16.6 Å². The number of hydrogen-bond acceptors (Lipinski definition) is 6. The number of thioether (sulfide) groups is 2. The molecule has 1 saturated heterocycles. The number of hydrogen-bond donors (Lipinski definition) is 0. The molecule has 8 heteroatoms. The van der Waals surface area contributed by atoms with Crippen molar-refractivity contribution in [1.82, 2.24) is 4.90 Å². The number of carbonyl (C=O) groups is 2. The zero-order valence-corrected chi connectivity index (χ0v) is 19.9. The summed E-state index contributed by atoms with van der Waals surface area (Å²) < 4.78 is 0. The van der Waals surface area contributed by atoms with Crippen LogP contribution in [-0.2, 0) is 4.79 Å². The van der Waals surface area contributed by atoms with E-state index in [-0.39, 0.29) is 11.7 Å². The van der Waals surface area contributed by atoms with Crippen molar-refractivity contribution in [2.45, 2.75) is 31.6 Å². The number of amidine groups is 1. The molecule has 2 heterocycles. The fourth-order valence-corrected chi connectivity index (χ4v) is 5.87. The second-order valence-corrected chi connectivity index (χ2v) is 9.77. The number of anilines is 1. The van der Waals surface area contributed by atoms with Gasteiger partial charge in [0.05, 0.1) is 16.4 Å². The highest BCUT2D eigenvalue weighted by Crippen LogP contribution is 2.50. The number of rotatable bonds is 5. The van der Waals surface area contributed by atoms with Gasteiger partial charge in [0.1, 0.15) is 4.91 Å². The highest BCUT2D eigenvalue weighted by molar-refractivity contribution is 8.19. The van der Waals surface area contributed by atoms with Crippen LogP contribution in [0.15, 0.2) is 62.3 Å². The highest BCUT2D eigenvalue weighted by atomic mass is 35.5. The number of amides is 1. The van der Waals surface area contributed by atoms with Crippen molar-refractivity contribution in [2.75, 3.05) is 18.5 Å². The first-order chi connectivity index (χ1) is 14.9. The Balaban J connectivity index is 1.72. The number of Topliss-reactive ketones (excluding diaryl/α,β-unsaturated/α-hetero) is 1. The Hall–Kier alpha value is -2.22. The zero-order chi connectivity index (χ0) is 22.1. The van der Waals surface area contributed by atoms with Gasteiger partial charge in [-0.15, -0.1) is 0 Å². The van der Waals surface area contributed by atoms with Gasteiger partial charge in [0.25, 0.3) is 5.91 Å². The van der Waals surface area contributed by atoms with E-state index < -0.39 is 0 Å². The fraction of sp³-hybridized carbons (Fsp3) is 0.261. The Morgan fingerprint density at radius 3 is 2.71 bits per heavy atom. The number of aliphatic imine (C=N–C) groups is 1. The van der Waals surface area contributed by atoms with E-state index in [2.05, 4.69) is 6.92 Å². The van der Waals surface area contributed by atoms with Crippen molar-refractivity contribution in [2.24, 2.45) is 4.99 Å². The minimum Gasteiger partial charge on any atom is -0.337 e. The number of fused-ring (bicyclic) bond motifs is 1. The normalized spacial score (nSPS) is 19.5. The molecule has 1 amide bonds. The SMILES string of the molecule is CCCCN1C(=O)/C(=C2/Sc3ccc(Cl)cc3N2C)SC1=Nc1cccc(C(C)=O)c1. The maximum Gasteiger partial charge on any atom is 0.269 e. The molecule has 1 fully saturated rings. The third kappa shape index (κ3) is 4.40. The molecular weight excluding hydrogens is 450 g/mol. The molecule has 2 aliphatic rings. The summed E-state index contributed by atoms with van der Waals surface area (Å²) in [5.41, 5.74) is 2.26. The summed E-state index contributed by atoms with van der Waals surface area (Å²) in [5.74, 6) is -0.0450. The molecule has 160 valence electrons. The van der Waals surface area contributed by atoms with Gasteiger partial charge in [-0.25, -0.2) is 4.99 Å². The molecule has 2 aromatic carbocycles. The summed E-state index contributed by atoms with van der Waals surface area (Å²) in [5, 5.41) is 2.20. The minimum absolute atomic E-state index is 0.0109. The molecule has 0 aromatic heterocycles. The van der Waals surface area contributed by atoms with Crippen molar-refractivity contribution in [3.8, 4) is 0 Å². The average Bonchev–Trinajstić information content (AvgIpc) is 3.23. The molecule has 4 rings (SSSR count). The van der Waals surface area contributed by atoms with Crippen LogP contribution in [0, 0.1) is 0 Å². The maximum atomic E-state index is 13.4. The van der Waals surface area contributed by atoms with Crippen molar-refractivity contribution in [1.29, 1.82) is 0 Å². The maximum absolute atomic E-state index is 13.4. The molecule has 0 saturated carbocycles. The Labute approximate surface area is 195 Å². The summed E-state index contributed by atoms with van der Waals surface area (Å²) in [6, 6.07) is 13.0. The summed E-state index contributed by atoms with van der Waals surface area (Å²) in [4.78, 5) is 35.4. The zero-order valence-electron chi connectivity index (χ0n) is 17.5. The summed E-state index contributed by atoms with van der Waals surface area (Å²) in [7, 11) is 1.95. The van der Waals surface area contributed by atoms with Crippen molar-refractivity contribution >= 4 is 63.4 Å². The topological polar surface area (TPSA) is 53.0 Å². The molecule has 5 nitrogen and oxygen atoms in total. The van der Waals surface area contributed by atoms with Crippen LogP contribution in [-0.4, -0.2) is 35.4 Å². The summed E-state index contributed by atoms with van der Waals surface area (Å²) in [6.07, 6.45) is 1.87. The lowest BCUT2D eigenvalue weighted by molar-refractivity contribution is -0.122. The predicted molar refractivity (Wildman–Crippen MR) is 130 cm³/mol. The van der Waals surface area contributed by atoms with Crippen LogP contribution in [0.4, 0.5) is 11.4 Å². The average molecular weight is 472 g/mol. The first-order valence-electron chi connectivity index (χ1n) is 10.0. The molecule has 0 unspecified atom stereocenters. The van der Waals surface area contributed by atoms with Crippen LogP contribution in [0.5, 0.6) is 0 Å². The van der Waals surface area contributed by atoms with Gasteiger partial charge in [0.15, 0.2) is 11.0 Å². The predicted octanol–water partition coefficient (Wildman–Crippen LogP) is 6.32. The number of ketones is 1. The molecule has 0 aliphatic carbocycles. The number of halogens is 1. The van der Waals surface area contributed by atoms with Gasteiger partial charge < -0.3 is 4.90 Å². The van der Waals surface area contributed by atoms with Crippen LogP contribution in [0.25, 0.3) is 0 Å². The highest BCUT2D eigenvalue weighted by Gasteiger charge is 2.38. The van der Waals surface area contributed by atoms with Crippen molar-refractivity contribution < 1.29 is 9.59 Å². The van der Waals surface area contributed by atoms with E-state index in [1.165, 1.54) is 18.7 Å².